The van der Waals surface area contributed by atoms with E-state index in [1.54, 1.807) is 13.8 Å². The molecule has 0 saturated heterocycles. The van der Waals surface area contributed by atoms with Gasteiger partial charge in [0.05, 0.1) is 84.7 Å². The van der Waals surface area contributed by atoms with E-state index in [0.717, 1.165) is 22.6 Å². The zero-order chi connectivity index (χ0) is 46.3. The minimum atomic E-state index is -0.921. The van der Waals surface area contributed by atoms with Gasteiger partial charge in [0.15, 0.2) is 0 Å². The lowest BCUT2D eigenvalue weighted by Gasteiger charge is -2.34. The largest absolute Gasteiger partial charge is 0.491 e. The topological polar surface area (TPSA) is 167 Å². The van der Waals surface area contributed by atoms with Crippen LogP contribution in [0.1, 0.15) is 36.1 Å². The second-order valence-electron chi connectivity index (χ2n) is 15.3. The summed E-state index contributed by atoms with van der Waals surface area (Å²) in [5, 5.41) is 19.7. The van der Waals surface area contributed by atoms with E-state index < -0.39 is 29.6 Å². The molecule has 5 rings (SSSR count). The van der Waals surface area contributed by atoms with Gasteiger partial charge in [-0.15, -0.1) is 0 Å². The predicted octanol–water partition coefficient (Wildman–Crippen LogP) is 5.87. The van der Waals surface area contributed by atoms with Gasteiger partial charge in [-0.2, -0.15) is 0 Å². The Hall–Kier alpha value is -5.42. The van der Waals surface area contributed by atoms with E-state index in [1.807, 2.05) is 24.3 Å². The van der Waals surface area contributed by atoms with Crippen LogP contribution in [-0.2, 0) is 52.9 Å². The maximum Gasteiger partial charge on any atom is 0.333 e. The smallest absolute Gasteiger partial charge is 0.333 e. The Morgan fingerprint density at radius 3 is 1.14 bits per heavy atom. The lowest BCUT2D eigenvalue weighted by Crippen LogP contribution is -2.28. The zero-order valence-corrected chi connectivity index (χ0v) is 37.4. The van der Waals surface area contributed by atoms with Crippen LogP contribution in [0.5, 0.6) is 11.5 Å². The predicted molar refractivity (Wildman–Crippen MR) is 243 cm³/mol. The van der Waals surface area contributed by atoms with E-state index in [0.29, 0.717) is 66.1 Å². The highest BCUT2D eigenvalue weighted by molar-refractivity contribution is 5.88. The minimum absolute atomic E-state index is 0.0273. The molecule has 14 heteroatoms. The lowest BCUT2D eigenvalue weighted by atomic mass is 9.68. The standard InChI is InChI=1S/C51H62O14/c1-37(2)49(54)64-35-41(52)33-60-27-25-56-21-23-58-29-31-62-43-17-13-39(14-18-43)51(47-11-7-5-9-45(47)46-10-6-8-12-48(46)51)40-15-19-44(20-16-40)63-32-30-59-24-22-57-26-28-61-34-42(53)36-65-50(55)38(3)4/h5-20,41-42,52-53H,1,3,21-36H2,2,4H3. The first kappa shape index (κ1) is 50.6. The van der Waals surface area contributed by atoms with Crippen LogP contribution < -0.4 is 9.47 Å². The van der Waals surface area contributed by atoms with Crippen molar-refractivity contribution in [1.29, 1.82) is 0 Å². The molecule has 2 N–H and O–H groups in total. The summed E-state index contributed by atoms with van der Waals surface area (Å²) in [6.45, 7) is 14.1. The van der Waals surface area contributed by atoms with Gasteiger partial charge in [-0.1, -0.05) is 86.0 Å². The van der Waals surface area contributed by atoms with Gasteiger partial charge in [0.25, 0.3) is 0 Å². The van der Waals surface area contributed by atoms with Crippen LogP contribution in [0.3, 0.4) is 0 Å². The van der Waals surface area contributed by atoms with E-state index in [1.165, 1.54) is 22.3 Å². The lowest BCUT2D eigenvalue weighted by molar-refractivity contribution is -0.144. The summed E-state index contributed by atoms with van der Waals surface area (Å²) >= 11 is 0. The Bertz CT molecular complexity index is 1930. The van der Waals surface area contributed by atoms with Gasteiger partial charge in [0.1, 0.15) is 50.1 Å². The van der Waals surface area contributed by atoms with Gasteiger partial charge in [0.2, 0.25) is 0 Å². The molecule has 0 radical (unpaired) electrons. The van der Waals surface area contributed by atoms with Gasteiger partial charge < -0.3 is 57.6 Å². The molecular weight excluding hydrogens is 837 g/mol. The SMILES string of the molecule is C=C(C)C(=O)OCC(O)COCCOCCOCCOc1ccc(C2(c3ccc(OCCOCCOCCOCC(O)COC(=O)C(=C)C)cc3)c3ccccc3-c3ccccc32)cc1. The minimum Gasteiger partial charge on any atom is -0.491 e. The Morgan fingerprint density at radius 1 is 0.462 bits per heavy atom. The molecule has 65 heavy (non-hydrogen) atoms. The molecule has 0 spiro atoms. The highest BCUT2D eigenvalue weighted by atomic mass is 16.6. The molecule has 14 nitrogen and oxygen atoms in total. The van der Waals surface area contributed by atoms with Crippen LogP contribution >= 0.6 is 0 Å². The molecule has 2 unspecified atom stereocenters. The van der Waals surface area contributed by atoms with E-state index >= 15 is 0 Å². The first-order valence-electron chi connectivity index (χ1n) is 21.7. The van der Waals surface area contributed by atoms with Crippen molar-refractivity contribution in [3.05, 3.63) is 144 Å². The summed E-state index contributed by atoms with van der Waals surface area (Å²) in [6.07, 6.45) is -1.84. The number of hydrogen-bond acceptors (Lipinski definition) is 14. The molecule has 0 bridgehead atoms. The Kier molecular flexibility index (Phi) is 21.1. The van der Waals surface area contributed by atoms with Gasteiger partial charge in [-0.25, -0.2) is 9.59 Å². The maximum atomic E-state index is 11.4. The van der Waals surface area contributed by atoms with E-state index in [2.05, 4.69) is 86.0 Å². The summed E-state index contributed by atoms with van der Waals surface area (Å²) in [5.74, 6) is 0.370. The number of hydrogen-bond donors (Lipinski definition) is 2. The molecule has 0 aromatic heterocycles. The molecule has 4 aromatic rings. The van der Waals surface area contributed by atoms with Gasteiger partial charge in [-0.05, 0) is 71.5 Å². The number of aliphatic hydroxyl groups excluding tert-OH is 2. The molecule has 0 amide bonds. The Balaban J connectivity index is 1.04. The number of rotatable bonds is 32. The summed E-state index contributed by atoms with van der Waals surface area (Å²) in [4.78, 5) is 22.8. The van der Waals surface area contributed by atoms with Gasteiger partial charge in [-0.3, -0.25) is 0 Å². The first-order valence-corrected chi connectivity index (χ1v) is 21.7. The summed E-state index contributed by atoms with van der Waals surface area (Å²) < 4.78 is 55.1. The number of esters is 2. The van der Waals surface area contributed by atoms with Crippen LogP contribution in [0.15, 0.2) is 121 Å². The van der Waals surface area contributed by atoms with Crippen LogP contribution in [0.4, 0.5) is 0 Å². The van der Waals surface area contributed by atoms with Crippen molar-refractivity contribution >= 4 is 11.9 Å². The number of aliphatic hydroxyl groups is 2. The maximum absolute atomic E-state index is 11.4. The first-order chi connectivity index (χ1) is 31.6. The molecule has 350 valence electrons. The number of carbonyl (C=O) groups is 2. The molecule has 0 heterocycles. The normalized spacial score (nSPS) is 13.3. The second kappa shape index (κ2) is 27.1. The van der Waals surface area contributed by atoms with Crippen LogP contribution in [0.2, 0.25) is 0 Å². The van der Waals surface area contributed by atoms with E-state index in [9.17, 15) is 19.8 Å². The average Bonchev–Trinajstić information content (AvgIpc) is 3.62. The fourth-order valence-electron chi connectivity index (χ4n) is 7.07. The molecule has 2 atom stereocenters. The highest BCUT2D eigenvalue weighted by Gasteiger charge is 2.45. The Labute approximate surface area is 381 Å². The van der Waals surface area contributed by atoms with E-state index in [-0.39, 0.29) is 50.8 Å². The van der Waals surface area contributed by atoms with Crippen LogP contribution in [0.25, 0.3) is 11.1 Å². The van der Waals surface area contributed by atoms with Gasteiger partial charge in [0, 0.05) is 11.1 Å². The number of ether oxygens (including phenoxy) is 10. The average molecular weight is 899 g/mol. The summed E-state index contributed by atoms with van der Waals surface area (Å²) in [6, 6.07) is 33.7. The molecule has 1 aliphatic rings. The third-order valence-electron chi connectivity index (χ3n) is 10.1. The van der Waals surface area contributed by atoms with Crippen molar-refractivity contribution in [3.8, 4) is 22.6 Å². The van der Waals surface area contributed by atoms with Crippen molar-refractivity contribution in [2.75, 3.05) is 106 Å². The van der Waals surface area contributed by atoms with Crippen LogP contribution in [-0.4, -0.2) is 140 Å². The molecular formula is C51H62O14. The summed E-state index contributed by atoms with van der Waals surface area (Å²) in [5.41, 5.74) is 6.97. The monoisotopic (exact) mass is 898 g/mol. The number of carbonyl (C=O) groups excluding carboxylic acids is 2. The molecule has 0 fully saturated rings. The molecule has 0 saturated carbocycles. The molecule has 4 aromatic carbocycles. The fraction of sp³-hybridized carbons (Fsp3) is 0.412. The zero-order valence-electron chi connectivity index (χ0n) is 37.4. The van der Waals surface area contributed by atoms with Crippen molar-refractivity contribution in [3.63, 3.8) is 0 Å². The van der Waals surface area contributed by atoms with Crippen molar-refractivity contribution in [2.45, 2.75) is 31.5 Å². The molecule has 1 aliphatic carbocycles. The second-order valence-corrected chi connectivity index (χ2v) is 15.3. The van der Waals surface area contributed by atoms with Gasteiger partial charge >= 0.3 is 11.9 Å². The third-order valence-corrected chi connectivity index (χ3v) is 10.1. The highest BCUT2D eigenvalue weighted by Crippen LogP contribution is 2.56. The summed E-state index contributed by atoms with van der Waals surface area (Å²) in [7, 11) is 0. The van der Waals surface area contributed by atoms with Crippen molar-refractivity contribution in [2.24, 2.45) is 0 Å². The van der Waals surface area contributed by atoms with Crippen LogP contribution in [0, 0.1) is 0 Å². The number of benzene rings is 4. The third kappa shape index (κ3) is 15.3. The quantitative estimate of drug-likeness (QED) is 0.0299. The molecule has 0 aliphatic heterocycles. The number of fused-ring (bicyclic) bond motifs is 3. The van der Waals surface area contributed by atoms with Crippen molar-refractivity contribution in [1.82, 2.24) is 0 Å². The van der Waals surface area contributed by atoms with Crippen molar-refractivity contribution < 1.29 is 67.2 Å². The fourth-order valence-corrected chi connectivity index (χ4v) is 7.07. The Morgan fingerprint density at radius 2 is 0.785 bits per heavy atom. The van der Waals surface area contributed by atoms with E-state index in [4.69, 9.17) is 47.4 Å².